The van der Waals surface area contributed by atoms with Gasteiger partial charge in [-0.1, -0.05) is 48.5 Å². The van der Waals surface area contributed by atoms with E-state index in [-0.39, 0.29) is 72.0 Å². The standard InChI is InChI=1S/C38H40B2N8O13/c1-48(28-14-8-24(9-15-28)34(50)43-29(35(51)59-3)16-17-30(49)58-2)19-27-18-41-32-31(42-27)33(46-37(52)60-20-22-4-10-25(11-5-22)39(54)55)45-36(44-32)47-38(53)61-21-23-6-12-26(13-7-23)40(56)57/h4-15,18,29,54-57H,16-17,19-21H2,1-3H3,(H,43,50)(H2,41,44,45,46,47,52,53)/t29-/m0/s1. The van der Waals surface area contributed by atoms with Crippen LogP contribution in [-0.4, -0.2) is 112 Å². The number of benzene rings is 3. The summed E-state index contributed by atoms with van der Waals surface area (Å²) in [6.07, 6.45) is -0.600. The first-order valence-electron chi connectivity index (χ1n) is 18.3. The number of ether oxygens (including phenoxy) is 4. The quantitative estimate of drug-likeness (QED) is 0.0372. The van der Waals surface area contributed by atoms with Crippen LogP contribution in [0.5, 0.6) is 0 Å². The number of anilines is 3. The summed E-state index contributed by atoms with van der Waals surface area (Å²) in [5.74, 6) is -2.29. The molecule has 2 heterocycles. The zero-order valence-electron chi connectivity index (χ0n) is 33.0. The summed E-state index contributed by atoms with van der Waals surface area (Å²) in [5, 5.41) is 44.8. The lowest BCUT2D eigenvalue weighted by Gasteiger charge is -2.20. The van der Waals surface area contributed by atoms with E-state index in [0.717, 1.165) is 0 Å². The van der Waals surface area contributed by atoms with Gasteiger partial charge < -0.3 is 49.3 Å². The molecular formula is C38H40B2N8O13. The van der Waals surface area contributed by atoms with E-state index in [4.69, 9.17) is 14.2 Å². The summed E-state index contributed by atoms with van der Waals surface area (Å²) < 4.78 is 20.0. The number of nitrogens with one attached hydrogen (secondary N) is 3. The number of carbonyl (C=O) groups is 5. The number of nitrogens with zero attached hydrogens (tertiary/aromatic N) is 5. The van der Waals surface area contributed by atoms with Crippen LogP contribution < -0.4 is 31.8 Å². The molecule has 316 valence electrons. The molecule has 0 aliphatic rings. The van der Waals surface area contributed by atoms with Crippen LogP contribution in [-0.2, 0) is 48.3 Å². The second-order valence-corrected chi connectivity index (χ2v) is 13.1. The molecule has 0 saturated carbocycles. The minimum Gasteiger partial charge on any atom is -0.469 e. The SMILES string of the molecule is COC(=O)CC[C@H](NC(=O)c1ccc(N(C)Cc2cnc3nc(NC(=O)OCc4ccc(B(O)O)cc4)nc(NC(=O)OCc4ccc(B(O)O)cc4)c3n2)cc1)C(=O)OC. The van der Waals surface area contributed by atoms with Gasteiger partial charge in [-0.05, 0) is 52.7 Å². The molecule has 23 heteroatoms. The Kier molecular flexibility index (Phi) is 15.6. The van der Waals surface area contributed by atoms with Crippen molar-refractivity contribution in [3.8, 4) is 0 Å². The van der Waals surface area contributed by atoms with Gasteiger partial charge in [0.1, 0.15) is 19.3 Å². The molecule has 0 aliphatic carbocycles. The summed E-state index contributed by atoms with van der Waals surface area (Å²) in [6.45, 7) is -0.215. The highest BCUT2D eigenvalue weighted by Crippen LogP contribution is 2.22. The normalized spacial score (nSPS) is 11.1. The van der Waals surface area contributed by atoms with Crippen LogP contribution in [0.1, 0.15) is 40.0 Å². The average molecular weight is 838 g/mol. The molecule has 0 fully saturated rings. The smallest absolute Gasteiger partial charge is 0.469 e. The molecule has 7 N–H and O–H groups in total. The van der Waals surface area contributed by atoms with E-state index in [1.165, 1.54) is 44.7 Å². The fourth-order valence-corrected chi connectivity index (χ4v) is 5.49. The molecule has 3 amide bonds. The largest absolute Gasteiger partial charge is 0.488 e. The zero-order valence-corrected chi connectivity index (χ0v) is 33.0. The van der Waals surface area contributed by atoms with Gasteiger partial charge in [0.15, 0.2) is 17.0 Å². The molecule has 2 aromatic heterocycles. The summed E-state index contributed by atoms with van der Waals surface area (Å²) in [7, 11) is 0.829. The monoisotopic (exact) mass is 838 g/mol. The predicted octanol–water partition coefficient (Wildman–Crippen LogP) is 0.138. The highest BCUT2D eigenvalue weighted by atomic mass is 16.6. The van der Waals surface area contributed by atoms with Crippen LogP contribution in [0.25, 0.3) is 11.2 Å². The highest BCUT2D eigenvalue weighted by Gasteiger charge is 2.24. The number of hydrogen-bond donors (Lipinski definition) is 7. The van der Waals surface area contributed by atoms with Gasteiger partial charge in [0.25, 0.3) is 5.91 Å². The first-order valence-corrected chi connectivity index (χ1v) is 18.3. The van der Waals surface area contributed by atoms with Crippen molar-refractivity contribution in [2.45, 2.75) is 38.6 Å². The summed E-state index contributed by atoms with van der Waals surface area (Å²) in [5.41, 5.74) is 2.91. The fraction of sp³-hybridized carbons (Fsp3) is 0.237. The number of carbonyl (C=O) groups excluding carboxylic acids is 5. The van der Waals surface area contributed by atoms with Crippen LogP contribution in [0.3, 0.4) is 0 Å². The molecule has 0 bridgehead atoms. The molecule has 61 heavy (non-hydrogen) atoms. The number of hydrogen-bond acceptors (Lipinski definition) is 18. The van der Waals surface area contributed by atoms with Gasteiger partial charge in [0, 0.05) is 24.7 Å². The first-order chi connectivity index (χ1) is 29.2. The van der Waals surface area contributed by atoms with Gasteiger partial charge in [-0.15, -0.1) is 0 Å². The van der Waals surface area contributed by atoms with Gasteiger partial charge in [-0.3, -0.25) is 20.2 Å². The average Bonchev–Trinajstić information content (AvgIpc) is 3.26. The molecule has 0 saturated heterocycles. The van der Waals surface area contributed by atoms with Gasteiger partial charge in [-0.25, -0.2) is 24.4 Å². The van der Waals surface area contributed by atoms with Crippen LogP contribution in [0.2, 0.25) is 0 Å². The van der Waals surface area contributed by atoms with Crippen molar-refractivity contribution in [3.05, 3.63) is 101 Å². The van der Waals surface area contributed by atoms with Crippen molar-refractivity contribution in [1.29, 1.82) is 0 Å². The Labute approximate surface area is 348 Å². The van der Waals surface area contributed by atoms with Crippen LogP contribution >= 0.6 is 0 Å². The Bertz CT molecular complexity index is 2340. The van der Waals surface area contributed by atoms with Crippen molar-refractivity contribution < 1.29 is 63.0 Å². The van der Waals surface area contributed by atoms with Crippen LogP contribution in [0.4, 0.5) is 27.0 Å². The maximum absolute atomic E-state index is 13.0. The van der Waals surface area contributed by atoms with Gasteiger partial charge in [0.2, 0.25) is 5.95 Å². The van der Waals surface area contributed by atoms with Crippen molar-refractivity contribution in [2.24, 2.45) is 0 Å². The third kappa shape index (κ3) is 12.9. The van der Waals surface area contributed by atoms with E-state index in [1.54, 1.807) is 60.5 Å². The Hall–Kier alpha value is -7.20. The van der Waals surface area contributed by atoms with E-state index in [9.17, 15) is 44.1 Å². The third-order valence-corrected chi connectivity index (χ3v) is 8.81. The molecule has 5 rings (SSSR count). The minimum absolute atomic E-state index is 0.0180. The Morgan fingerprint density at radius 2 is 1.31 bits per heavy atom. The molecule has 0 radical (unpaired) electrons. The number of methoxy groups -OCH3 is 2. The Morgan fingerprint density at radius 1 is 0.738 bits per heavy atom. The highest BCUT2D eigenvalue weighted by molar-refractivity contribution is 6.58. The number of amides is 3. The number of fused-ring (bicyclic) bond motifs is 1. The summed E-state index contributed by atoms with van der Waals surface area (Å²) in [6, 6.07) is 17.4. The second kappa shape index (κ2) is 21.2. The van der Waals surface area contributed by atoms with Crippen LogP contribution in [0.15, 0.2) is 79.0 Å². The number of esters is 2. The van der Waals surface area contributed by atoms with E-state index < -0.39 is 50.3 Å². The van der Waals surface area contributed by atoms with Gasteiger partial charge >= 0.3 is 38.4 Å². The Balaban J connectivity index is 1.30. The van der Waals surface area contributed by atoms with Crippen molar-refractivity contribution in [1.82, 2.24) is 25.3 Å². The minimum atomic E-state index is -1.66. The molecule has 0 unspecified atom stereocenters. The summed E-state index contributed by atoms with van der Waals surface area (Å²) in [4.78, 5) is 81.9. The topological polar surface area (TPSA) is 294 Å². The third-order valence-electron chi connectivity index (χ3n) is 8.81. The number of rotatable bonds is 17. The molecule has 1 atom stereocenters. The molecule has 3 aromatic carbocycles. The van der Waals surface area contributed by atoms with Gasteiger partial charge in [0.05, 0.1) is 32.7 Å². The van der Waals surface area contributed by atoms with Crippen molar-refractivity contribution in [3.63, 3.8) is 0 Å². The molecule has 21 nitrogen and oxygen atoms in total. The lowest BCUT2D eigenvalue weighted by molar-refractivity contribution is -0.144. The zero-order chi connectivity index (χ0) is 44.1. The van der Waals surface area contributed by atoms with Crippen molar-refractivity contribution in [2.75, 3.05) is 36.8 Å². The molecule has 5 aromatic rings. The van der Waals surface area contributed by atoms with Gasteiger partial charge in [-0.2, -0.15) is 9.97 Å². The molecule has 0 spiro atoms. The lowest BCUT2D eigenvalue weighted by atomic mass is 9.80. The van der Waals surface area contributed by atoms with Crippen molar-refractivity contribution >= 4 is 83.8 Å². The maximum atomic E-state index is 13.0. The molecule has 0 aliphatic heterocycles. The predicted molar refractivity (Wildman–Crippen MR) is 218 cm³/mol. The van der Waals surface area contributed by atoms with E-state index in [2.05, 4.69) is 40.6 Å². The maximum Gasteiger partial charge on any atom is 0.488 e. The fourth-order valence-electron chi connectivity index (χ4n) is 5.49. The molecular weight excluding hydrogens is 798 g/mol. The van der Waals surface area contributed by atoms with E-state index >= 15 is 0 Å². The van der Waals surface area contributed by atoms with E-state index in [1.807, 2.05) is 0 Å². The first kappa shape index (κ1) is 44.9. The number of aromatic nitrogens is 4. The Morgan fingerprint density at radius 3 is 1.85 bits per heavy atom. The second-order valence-electron chi connectivity index (χ2n) is 13.1. The van der Waals surface area contributed by atoms with Crippen LogP contribution in [0, 0.1) is 0 Å². The lowest BCUT2D eigenvalue weighted by Crippen LogP contribution is -2.41. The van der Waals surface area contributed by atoms with E-state index in [0.29, 0.717) is 22.5 Å². The summed E-state index contributed by atoms with van der Waals surface area (Å²) >= 11 is 0.